The van der Waals surface area contributed by atoms with Crippen molar-refractivity contribution in [3.05, 3.63) is 12.2 Å². The Kier molecular flexibility index (Phi) is 11.8. The Morgan fingerprint density at radius 3 is 1.76 bits per heavy atom. The van der Waals surface area contributed by atoms with Crippen LogP contribution in [0.2, 0.25) is 0 Å². The zero-order valence-electron chi connectivity index (χ0n) is 11.4. The van der Waals surface area contributed by atoms with Gasteiger partial charge in [0.05, 0.1) is 0 Å². The largest absolute Gasteiger partial charge is 0.539 e. The van der Waals surface area contributed by atoms with Crippen LogP contribution in [-0.2, 0) is 27.2 Å². The predicted molar refractivity (Wildman–Crippen MR) is 69.5 cm³/mol. The normalized spacial score (nSPS) is 10.4. The molecule has 0 unspecified atom stereocenters. The van der Waals surface area contributed by atoms with Gasteiger partial charge >= 0.3 is 14.8 Å². The Labute approximate surface area is 107 Å². The van der Waals surface area contributed by atoms with E-state index < -0.39 is 14.8 Å². The van der Waals surface area contributed by atoms with Crippen molar-refractivity contribution in [3.63, 3.8) is 0 Å². The van der Waals surface area contributed by atoms with E-state index in [1.54, 1.807) is 14.0 Å². The lowest BCUT2D eigenvalue weighted by molar-refractivity contribution is -0.138. The minimum atomic E-state index is -2.81. The highest BCUT2D eigenvalue weighted by Crippen LogP contribution is 2.07. The number of carbonyl (C=O) groups excluding carboxylic acids is 1. The van der Waals surface area contributed by atoms with E-state index in [0.717, 1.165) is 10.5 Å². The summed E-state index contributed by atoms with van der Waals surface area (Å²) < 4.78 is 24.4. The van der Waals surface area contributed by atoms with Crippen molar-refractivity contribution in [2.75, 3.05) is 34.7 Å². The van der Waals surface area contributed by atoms with Crippen molar-refractivity contribution in [2.24, 2.45) is 0 Å². The van der Waals surface area contributed by atoms with E-state index in [0.29, 0.717) is 5.57 Å². The van der Waals surface area contributed by atoms with Crippen LogP contribution in [0.3, 0.4) is 0 Å². The Morgan fingerprint density at radius 2 is 1.53 bits per heavy atom. The molecule has 17 heavy (non-hydrogen) atoms. The molecule has 0 aliphatic carbocycles. The van der Waals surface area contributed by atoms with E-state index in [4.69, 9.17) is 18.0 Å². The lowest BCUT2D eigenvalue weighted by Crippen LogP contribution is -2.48. The van der Waals surface area contributed by atoms with Crippen LogP contribution >= 0.6 is 0 Å². The molecule has 0 bridgehead atoms. The summed E-state index contributed by atoms with van der Waals surface area (Å²) in [5.41, 5.74) is 0.330. The van der Waals surface area contributed by atoms with Crippen molar-refractivity contribution in [3.8, 4) is 0 Å². The topological polar surface area (TPSA) is 63.2 Å². The molecule has 8 heteroatoms. The van der Waals surface area contributed by atoms with E-state index in [-0.39, 0.29) is 6.23 Å². The summed E-state index contributed by atoms with van der Waals surface area (Å²) in [6.45, 7) is 5.02. The molecule has 0 saturated carbocycles. The molecule has 0 N–H and O–H groups in total. The van der Waals surface area contributed by atoms with Crippen molar-refractivity contribution in [1.82, 2.24) is 0 Å². The molecule has 0 aliphatic heterocycles. The van der Waals surface area contributed by atoms with Crippen molar-refractivity contribution in [2.45, 2.75) is 6.92 Å². The van der Waals surface area contributed by atoms with Gasteiger partial charge in [0.1, 0.15) is 10.5 Å². The molecule has 0 radical (unpaired) electrons. The maximum atomic E-state index is 11.1. The summed E-state index contributed by atoms with van der Waals surface area (Å²) in [7, 11) is 4.10. The van der Waals surface area contributed by atoms with E-state index in [9.17, 15) is 4.79 Å². The second-order valence-electron chi connectivity index (χ2n) is 3.06. The third-order valence-corrected chi connectivity index (χ3v) is 4.03. The average molecular weight is 282 g/mol. The van der Waals surface area contributed by atoms with Gasteiger partial charge in [0.2, 0.25) is 0 Å². The molecular weight excluding hydrogens is 260 g/mol. The van der Waals surface area contributed by atoms with E-state index in [2.05, 4.69) is 11.0 Å². The number of rotatable bonds is 6. The molecule has 0 aliphatic rings. The molecule has 0 atom stereocenters. The molecule has 0 fully saturated rings. The Balaban J connectivity index is 0. The molecule has 0 spiro atoms. The highest BCUT2D eigenvalue weighted by Gasteiger charge is 2.40. The van der Waals surface area contributed by atoms with E-state index >= 15 is 0 Å². The van der Waals surface area contributed by atoms with Gasteiger partial charge in [0.25, 0.3) is 0 Å². The fourth-order valence-electron chi connectivity index (χ4n) is 0.704. The maximum Gasteiger partial charge on any atom is 0.539 e. The van der Waals surface area contributed by atoms with Gasteiger partial charge < -0.3 is 22.4 Å². The molecule has 0 aromatic rings. The quantitative estimate of drug-likeness (QED) is 0.369. The van der Waals surface area contributed by atoms with Crippen LogP contribution < -0.4 is 0 Å². The van der Waals surface area contributed by atoms with Crippen LogP contribution in [0, 0.1) is 0 Å². The molecule has 0 rings (SSSR count). The van der Waals surface area contributed by atoms with Crippen LogP contribution in [0.1, 0.15) is 6.92 Å². The summed E-state index contributed by atoms with van der Waals surface area (Å²) in [5.74, 6) is -0.479. The van der Waals surface area contributed by atoms with Crippen molar-refractivity contribution in [1.29, 1.82) is 0 Å². The zero-order chi connectivity index (χ0) is 13.9. The van der Waals surface area contributed by atoms with E-state index in [1.807, 2.05) is 0 Å². The first-order valence-electron chi connectivity index (χ1n) is 4.81. The van der Waals surface area contributed by atoms with Gasteiger partial charge in [-0.15, -0.1) is 0 Å². The summed E-state index contributed by atoms with van der Waals surface area (Å²) in [4.78, 5) is 11.1. The van der Waals surface area contributed by atoms with Gasteiger partial charge in [-0.3, -0.25) is 0 Å². The first kappa shape index (κ1) is 18.8. The fourth-order valence-corrected chi connectivity index (χ4v) is 1.87. The third-order valence-electron chi connectivity index (χ3n) is 1.66. The first-order chi connectivity index (χ1) is 7.92. The number of carbonyl (C=O) groups is 1. The highest BCUT2D eigenvalue weighted by molar-refractivity contribution is 6.60. The minimum absolute atomic E-state index is 0.0117. The molecule has 6 nitrogen and oxygen atoms in total. The Hall–Kier alpha value is -0.516. The minimum Gasteiger partial charge on any atom is -0.458 e. The lowest BCUT2D eigenvalue weighted by atomic mass is 10.4. The van der Waals surface area contributed by atoms with Crippen LogP contribution in [0.25, 0.3) is 0 Å². The van der Waals surface area contributed by atoms with Gasteiger partial charge in [0.15, 0.2) is 6.23 Å². The number of hydrogen-bond acceptors (Lipinski definition) is 6. The number of hydrogen-bond donors (Lipinski definition) is 0. The zero-order valence-corrected chi connectivity index (χ0v) is 14.4. The van der Waals surface area contributed by atoms with Crippen LogP contribution in [0.5, 0.6) is 0 Å². The summed E-state index contributed by atoms with van der Waals surface area (Å²) in [6, 6.07) is 0. The summed E-state index contributed by atoms with van der Waals surface area (Å²) >= 11 is 0. The van der Waals surface area contributed by atoms with Gasteiger partial charge in [-0.1, -0.05) is 6.58 Å². The molecule has 0 heterocycles. The van der Waals surface area contributed by atoms with Crippen molar-refractivity contribution >= 4 is 25.3 Å². The van der Waals surface area contributed by atoms with Gasteiger partial charge in [-0.25, -0.2) is 4.79 Å². The molecule has 0 aromatic heterocycles. The highest BCUT2D eigenvalue weighted by atomic mass is 28.4. The van der Waals surface area contributed by atoms with E-state index in [1.165, 1.54) is 21.3 Å². The smallest absolute Gasteiger partial charge is 0.458 e. The fraction of sp³-hybridized carbons (Fsp3) is 0.667. The summed E-state index contributed by atoms with van der Waals surface area (Å²) in [6.07, 6.45) is -0.0117. The second-order valence-corrected chi connectivity index (χ2v) is 6.76. The molecule has 0 saturated heterocycles. The Morgan fingerprint density at radius 1 is 1.18 bits per heavy atom. The number of ether oxygens (including phenoxy) is 1. The van der Waals surface area contributed by atoms with Crippen molar-refractivity contribution < 1.29 is 27.2 Å². The SMILES string of the molecule is C=C(C)C(=O)OC[Si](OC)(OC)OC.CO[SiH3]. The number of esters is 1. The monoisotopic (exact) mass is 282 g/mol. The first-order valence-corrected chi connectivity index (χ1v) is 7.56. The molecular formula is C9H22O6Si2. The van der Waals surface area contributed by atoms with Crippen LogP contribution in [0.15, 0.2) is 12.2 Å². The molecule has 0 aromatic carbocycles. The second kappa shape index (κ2) is 10.6. The van der Waals surface area contributed by atoms with Gasteiger partial charge in [-0.05, 0) is 6.92 Å². The molecule has 0 amide bonds. The lowest BCUT2D eigenvalue weighted by Gasteiger charge is -2.23. The third kappa shape index (κ3) is 8.24. The standard InChI is InChI=1S/C8H16O5Si.CH6OSi/c1-7(2)8(9)13-6-14(10-3,11-4)12-5;1-2-3/h1,6H2,2-5H3;1,3H3. The average Bonchev–Trinajstić information content (AvgIpc) is 2.32. The van der Waals surface area contributed by atoms with Gasteiger partial charge in [0, 0.05) is 34.0 Å². The predicted octanol–water partition coefficient (Wildman–Crippen LogP) is -0.564. The Bertz CT molecular complexity index is 221. The van der Waals surface area contributed by atoms with Crippen LogP contribution in [-0.4, -0.2) is 59.9 Å². The summed E-state index contributed by atoms with van der Waals surface area (Å²) in [5, 5.41) is 0. The maximum absolute atomic E-state index is 11.1. The van der Waals surface area contributed by atoms with Crippen LogP contribution in [0.4, 0.5) is 0 Å². The molecule has 102 valence electrons. The van der Waals surface area contributed by atoms with Gasteiger partial charge in [-0.2, -0.15) is 0 Å².